The van der Waals surface area contributed by atoms with Gasteiger partial charge >= 0.3 is 0 Å². The van der Waals surface area contributed by atoms with Gasteiger partial charge in [-0.05, 0) is 49.5 Å². The second-order valence-electron chi connectivity index (χ2n) is 12.8. The Balaban J connectivity index is 0.939. The first kappa shape index (κ1) is 29.8. The number of piperazine rings is 1. The summed E-state index contributed by atoms with van der Waals surface area (Å²) in [6.45, 7) is 6.48. The molecule has 1 N–H and O–H groups in total. The average molecular weight is 610 g/mol. The summed E-state index contributed by atoms with van der Waals surface area (Å²) >= 11 is 0. The van der Waals surface area contributed by atoms with Gasteiger partial charge < -0.3 is 4.90 Å². The molecule has 0 spiro atoms. The topological polar surface area (TPSA) is 76.2 Å². The van der Waals surface area contributed by atoms with Crippen molar-refractivity contribution in [3.05, 3.63) is 106 Å². The van der Waals surface area contributed by atoms with E-state index in [2.05, 4.69) is 80.7 Å². The first-order chi connectivity index (χ1) is 22.0. The smallest absolute Gasteiger partial charge is 0.255 e. The second-order valence-corrected chi connectivity index (χ2v) is 12.8. The Hall–Kier alpha value is -3.92. The molecule has 45 heavy (non-hydrogen) atoms. The number of imide groups is 1. The van der Waals surface area contributed by atoms with Crippen LogP contribution < -0.4 is 5.32 Å². The molecule has 3 fully saturated rings. The molecule has 3 aromatic carbocycles. The summed E-state index contributed by atoms with van der Waals surface area (Å²) in [5, 5.41) is 2.30. The highest BCUT2D eigenvalue weighted by Crippen LogP contribution is 2.33. The molecule has 0 bridgehead atoms. The zero-order chi connectivity index (χ0) is 30.9. The predicted octanol–water partition coefficient (Wildman–Crippen LogP) is 3.96. The lowest BCUT2D eigenvalue weighted by molar-refractivity contribution is -0.136. The third-order valence-corrected chi connectivity index (χ3v) is 10.1. The molecule has 4 heterocycles. The SMILES string of the molecule is O=C1CCC(N2Cc3c(ccc(CN4CCC(N5CCN(C(c6ccccc6)c6ccccc6)CC5)CC4)c3F)C2=O)C(=O)N1. The average Bonchev–Trinajstić information content (AvgIpc) is 3.40. The zero-order valence-electron chi connectivity index (χ0n) is 25.5. The van der Waals surface area contributed by atoms with Gasteiger partial charge in [0.2, 0.25) is 11.8 Å². The van der Waals surface area contributed by atoms with Crippen molar-refractivity contribution in [2.75, 3.05) is 39.3 Å². The van der Waals surface area contributed by atoms with E-state index >= 15 is 4.39 Å². The highest BCUT2D eigenvalue weighted by molar-refractivity contribution is 6.05. The number of likely N-dealkylation sites (tertiary alicyclic amines) is 1. The summed E-state index contributed by atoms with van der Waals surface area (Å²) in [7, 11) is 0. The monoisotopic (exact) mass is 609 g/mol. The number of piperidine rings is 2. The predicted molar refractivity (Wildman–Crippen MR) is 169 cm³/mol. The quantitative estimate of drug-likeness (QED) is 0.409. The maximum Gasteiger partial charge on any atom is 0.255 e. The number of hydrogen-bond donors (Lipinski definition) is 1. The van der Waals surface area contributed by atoms with Crippen LogP contribution in [0, 0.1) is 5.82 Å². The van der Waals surface area contributed by atoms with E-state index in [-0.39, 0.29) is 43.1 Å². The van der Waals surface area contributed by atoms with E-state index in [0.29, 0.717) is 29.3 Å². The fourth-order valence-corrected chi connectivity index (χ4v) is 7.70. The number of hydrogen-bond acceptors (Lipinski definition) is 6. The molecule has 1 unspecified atom stereocenters. The molecule has 4 aliphatic rings. The van der Waals surface area contributed by atoms with Crippen molar-refractivity contribution < 1.29 is 18.8 Å². The van der Waals surface area contributed by atoms with E-state index in [4.69, 9.17) is 0 Å². The van der Waals surface area contributed by atoms with Crippen molar-refractivity contribution in [2.24, 2.45) is 0 Å². The number of rotatable bonds is 7. The summed E-state index contributed by atoms with van der Waals surface area (Å²) in [4.78, 5) is 46.0. The van der Waals surface area contributed by atoms with Crippen molar-refractivity contribution in [3.8, 4) is 0 Å². The van der Waals surface area contributed by atoms with E-state index in [9.17, 15) is 14.4 Å². The lowest BCUT2D eigenvalue weighted by Gasteiger charge is -2.45. The molecule has 8 nitrogen and oxygen atoms in total. The molecule has 3 saturated heterocycles. The Morgan fingerprint density at radius 2 is 1.42 bits per heavy atom. The Morgan fingerprint density at radius 1 is 0.778 bits per heavy atom. The number of benzene rings is 3. The minimum atomic E-state index is -0.742. The van der Waals surface area contributed by atoms with Crippen molar-refractivity contribution >= 4 is 17.7 Å². The van der Waals surface area contributed by atoms with E-state index in [0.717, 1.165) is 52.1 Å². The van der Waals surface area contributed by atoms with Crippen LogP contribution in [0.1, 0.15) is 64.3 Å². The second kappa shape index (κ2) is 12.8. The number of amides is 3. The van der Waals surface area contributed by atoms with E-state index < -0.39 is 11.9 Å². The van der Waals surface area contributed by atoms with Crippen LogP contribution in [0.2, 0.25) is 0 Å². The van der Waals surface area contributed by atoms with Crippen LogP contribution >= 0.6 is 0 Å². The van der Waals surface area contributed by atoms with Gasteiger partial charge in [-0.15, -0.1) is 0 Å². The molecule has 3 aromatic rings. The van der Waals surface area contributed by atoms with Gasteiger partial charge in [0, 0.05) is 61.9 Å². The van der Waals surface area contributed by atoms with Gasteiger partial charge in [0.05, 0.1) is 12.6 Å². The van der Waals surface area contributed by atoms with Gasteiger partial charge in [-0.3, -0.25) is 34.4 Å². The lowest BCUT2D eigenvalue weighted by atomic mass is 9.95. The van der Waals surface area contributed by atoms with E-state index in [1.165, 1.54) is 16.0 Å². The number of halogens is 1. The molecular formula is C36H40FN5O3. The summed E-state index contributed by atoms with van der Waals surface area (Å²) in [5.41, 5.74) is 3.93. The zero-order valence-corrected chi connectivity index (χ0v) is 25.5. The molecule has 1 atom stereocenters. The Morgan fingerprint density at radius 3 is 2.04 bits per heavy atom. The molecule has 7 rings (SSSR count). The molecule has 9 heteroatoms. The van der Waals surface area contributed by atoms with E-state index in [1.807, 2.05) is 0 Å². The molecule has 4 aliphatic heterocycles. The van der Waals surface area contributed by atoms with Crippen LogP contribution in [-0.4, -0.2) is 88.7 Å². The summed E-state index contributed by atoms with van der Waals surface area (Å²) in [6, 6.07) is 25.0. The third-order valence-electron chi connectivity index (χ3n) is 10.1. The summed E-state index contributed by atoms with van der Waals surface area (Å²) < 4.78 is 15.7. The van der Waals surface area contributed by atoms with Crippen LogP contribution in [0.3, 0.4) is 0 Å². The number of carbonyl (C=O) groups is 3. The molecule has 0 radical (unpaired) electrons. The van der Waals surface area contributed by atoms with Crippen molar-refractivity contribution in [1.82, 2.24) is 24.9 Å². The fourth-order valence-electron chi connectivity index (χ4n) is 7.70. The highest BCUT2D eigenvalue weighted by Gasteiger charge is 2.40. The minimum Gasteiger partial charge on any atom is -0.322 e. The number of carbonyl (C=O) groups excluding carboxylic acids is 3. The normalized spacial score (nSPS) is 22.2. The molecular weight excluding hydrogens is 569 g/mol. The van der Waals surface area contributed by atoms with Gasteiger partial charge in [0.15, 0.2) is 0 Å². The molecule has 3 amide bonds. The van der Waals surface area contributed by atoms with Crippen LogP contribution in [-0.2, 0) is 22.7 Å². The molecule has 0 saturated carbocycles. The van der Waals surface area contributed by atoms with Crippen LogP contribution in [0.15, 0.2) is 72.8 Å². The first-order valence-corrected chi connectivity index (χ1v) is 16.2. The maximum absolute atomic E-state index is 15.7. The van der Waals surface area contributed by atoms with Gasteiger partial charge in [-0.25, -0.2) is 4.39 Å². The Kier molecular flexibility index (Phi) is 8.49. The van der Waals surface area contributed by atoms with Crippen LogP contribution in [0.5, 0.6) is 0 Å². The minimum absolute atomic E-state index is 0.0591. The van der Waals surface area contributed by atoms with Gasteiger partial charge in [-0.1, -0.05) is 66.7 Å². The van der Waals surface area contributed by atoms with Gasteiger partial charge in [-0.2, -0.15) is 0 Å². The third kappa shape index (κ3) is 6.04. The lowest BCUT2D eigenvalue weighted by Crippen LogP contribution is -2.53. The van der Waals surface area contributed by atoms with E-state index in [1.54, 1.807) is 12.1 Å². The first-order valence-electron chi connectivity index (χ1n) is 16.2. The number of nitrogens with zero attached hydrogens (tertiary/aromatic N) is 4. The Bertz CT molecular complexity index is 1510. The fraction of sp³-hybridized carbons (Fsp3) is 0.417. The van der Waals surface area contributed by atoms with Crippen LogP contribution in [0.25, 0.3) is 0 Å². The van der Waals surface area contributed by atoms with Crippen molar-refractivity contribution in [2.45, 2.75) is 56.9 Å². The standard InChI is InChI=1S/C36H40FN5O3/c37-33-27(11-12-29-30(33)24-42(36(29)45)31-13-14-32(43)38-35(31)44)23-39-17-15-28(16-18-39)40-19-21-41(22-20-40)34(25-7-3-1-4-8-25)26-9-5-2-6-10-26/h1-12,28,31,34H,13-24H2,(H,38,43,44). The van der Waals surface area contributed by atoms with Crippen molar-refractivity contribution in [1.29, 1.82) is 0 Å². The largest absolute Gasteiger partial charge is 0.322 e. The molecule has 234 valence electrons. The van der Waals surface area contributed by atoms with Crippen LogP contribution in [0.4, 0.5) is 4.39 Å². The van der Waals surface area contributed by atoms with Gasteiger partial charge in [0.1, 0.15) is 11.9 Å². The molecule has 0 aliphatic carbocycles. The Labute approximate surface area is 263 Å². The molecule has 0 aromatic heterocycles. The maximum atomic E-state index is 15.7. The van der Waals surface area contributed by atoms with Gasteiger partial charge in [0.25, 0.3) is 5.91 Å². The highest BCUT2D eigenvalue weighted by atomic mass is 19.1. The number of fused-ring (bicyclic) bond motifs is 1. The summed E-state index contributed by atoms with van der Waals surface area (Å²) in [5.74, 6) is -1.51. The summed E-state index contributed by atoms with van der Waals surface area (Å²) in [6.07, 6.45) is 2.55. The van der Waals surface area contributed by atoms with Crippen molar-refractivity contribution in [3.63, 3.8) is 0 Å². The number of nitrogens with one attached hydrogen (secondary N) is 1.